The molecule has 2 unspecified atom stereocenters. The molecule has 0 heterocycles. The average Bonchev–Trinajstić information content (AvgIpc) is 2.30. The highest BCUT2D eigenvalue weighted by atomic mass is 32.2. The van der Waals surface area contributed by atoms with Gasteiger partial charge in [-0.3, -0.25) is 4.55 Å². The molecule has 110 valence electrons. The summed E-state index contributed by atoms with van der Waals surface area (Å²) in [6, 6.07) is 0. The monoisotopic (exact) mass is 280 g/mol. The molecule has 2 N–H and O–H groups in total. The number of unbranched alkanes of at least 4 members (excludes halogenated alkanes) is 4. The SMILES string of the molecule is CCC(O)CCCCCCCC(CC)S(=O)(=O)O. The van der Waals surface area contributed by atoms with Crippen molar-refractivity contribution in [2.45, 2.75) is 83.0 Å². The molecule has 0 aromatic heterocycles. The maximum atomic E-state index is 11.0. The van der Waals surface area contributed by atoms with Crippen molar-refractivity contribution in [3.63, 3.8) is 0 Å². The maximum absolute atomic E-state index is 11.0. The van der Waals surface area contributed by atoms with Gasteiger partial charge in [0.1, 0.15) is 0 Å². The Morgan fingerprint density at radius 1 is 0.889 bits per heavy atom. The highest BCUT2D eigenvalue weighted by molar-refractivity contribution is 7.86. The van der Waals surface area contributed by atoms with Crippen LogP contribution in [0.15, 0.2) is 0 Å². The minimum absolute atomic E-state index is 0.172. The van der Waals surface area contributed by atoms with Crippen LogP contribution in [0, 0.1) is 0 Å². The van der Waals surface area contributed by atoms with Crippen LogP contribution in [-0.2, 0) is 10.1 Å². The summed E-state index contributed by atoms with van der Waals surface area (Å²) < 4.78 is 30.9. The lowest BCUT2D eigenvalue weighted by molar-refractivity contribution is 0.156. The standard InChI is InChI=1S/C13H28O4S/c1-3-12(14)10-8-6-5-7-9-11-13(4-2)18(15,16)17/h12-14H,3-11H2,1-2H3,(H,15,16,17). The van der Waals surface area contributed by atoms with E-state index in [9.17, 15) is 13.5 Å². The van der Waals surface area contributed by atoms with Crippen LogP contribution in [0.4, 0.5) is 0 Å². The maximum Gasteiger partial charge on any atom is 0.267 e. The van der Waals surface area contributed by atoms with Gasteiger partial charge in [-0.15, -0.1) is 0 Å². The molecule has 0 aliphatic carbocycles. The zero-order chi connectivity index (χ0) is 14.0. The molecule has 0 rings (SSSR count). The van der Waals surface area contributed by atoms with E-state index < -0.39 is 15.4 Å². The number of aliphatic hydroxyl groups excluding tert-OH is 1. The Balaban J connectivity index is 3.51. The van der Waals surface area contributed by atoms with Gasteiger partial charge in [0, 0.05) is 0 Å². The van der Waals surface area contributed by atoms with E-state index in [1.807, 2.05) is 6.92 Å². The molecule has 0 saturated heterocycles. The van der Waals surface area contributed by atoms with E-state index in [1.165, 1.54) is 0 Å². The normalized spacial score (nSPS) is 15.6. The third kappa shape index (κ3) is 8.89. The van der Waals surface area contributed by atoms with Crippen molar-refractivity contribution >= 4 is 10.1 Å². The van der Waals surface area contributed by atoms with Gasteiger partial charge < -0.3 is 5.11 Å². The average molecular weight is 280 g/mol. The summed E-state index contributed by atoms with van der Waals surface area (Å²) in [7, 11) is -3.86. The highest BCUT2D eigenvalue weighted by Gasteiger charge is 2.19. The van der Waals surface area contributed by atoms with Crippen molar-refractivity contribution in [1.82, 2.24) is 0 Å². The van der Waals surface area contributed by atoms with Crippen LogP contribution < -0.4 is 0 Å². The minimum atomic E-state index is -3.86. The quantitative estimate of drug-likeness (QED) is 0.450. The third-order valence-corrected chi connectivity index (χ3v) is 4.82. The van der Waals surface area contributed by atoms with Gasteiger partial charge in [-0.1, -0.05) is 46.0 Å². The second-order valence-corrected chi connectivity index (χ2v) is 6.65. The second-order valence-electron chi connectivity index (χ2n) is 4.95. The molecule has 0 bridgehead atoms. The Bertz CT molecular complexity index is 287. The van der Waals surface area contributed by atoms with Crippen molar-refractivity contribution in [3.05, 3.63) is 0 Å². The molecule has 2 atom stereocenters. The Kier molecular flexibility index (Phi) is 9.68. The molecule has 4 nitrogen and oxygen atoms in total. The van der Waals surface area contributed by atoms with Gasteiger partial charge in [-0.25, -0.2) is 0 Å². The molecule has 0 aromatic rings. The minimum Gasteiger partial charge on any atom is -0.393 e. The summed E-state index contributed by atoms with van der Waals surface area (Å²) in [6.07, 6.45) is 7.54. The first-order chi connectivity index (χ1) is 8.41. The van der Waals surface area contributed by atoms with Crippen LogP contribution in [0.1, 0.15) is 71.6 Å². The lowest BCUT2D eigenvalue weighted by Gasteiger charge is -2.11. The smallest absolute Gasteiger partial charge is 0.267 e. The van der Waals surface area contributed by atoms with Crippen LogP contribution in [0.3, 0.4) is 0 Å². The molecule has 18 heavy (non-hydrogen) atoms. The van der Waals surface area contributed by atoms with Crippen molar-refractivity contribution in [2.75, 3.05) is 0 Å². The number of rotatable bonds is 11. The van der Waals surface area contributed by atoms with Gasteiger partial charge >= 0.3 is 0 Å². The van der Waals surface area contributed by atoms with Gasteiger partial charge in [-0.05, 0) is 25.7 Å². The van der Waals surface area contributed by atoms with E-state index in [0.717, 1.165) is 44.9 Å². The molecule has 0 fully saturated rings. The second kappa shape index (κ2) is 9.75. The Morgan fingerprint density at radius 3 is 1.83 bits per heavy atom. The van der Waals surface area contributed by atoms with Crippen molar-refractivity contribution in [2.24, 2.45) is 0 Å². The fourth-order valence-corrected chi connectivity index (χ4v) is 2.94. The van der Waals surface area contributed by atoms with Crippen LogP contribution in [0.25, 0.3) is 0 Å². The van der Waals surface area contributed by atoms with Crippen molar-refractivity contribution in [3.8, 4) is 0 Å². The van der Waals surface area contributed by atoms with Gasteiger partial charge in [-0.2, -0.15) is 8.42 Å². The number of hydrogen-bond donors (Lipinski definition) is 2. The van der Waals surface area contributed by atoms with Crippen molar-refractivity contribution in [1.29, 1.82) is 0 Å². The number of aliphatic hydroxyl groups is 1. The van der Waals surface area contributed by atoms with Gasteiger partial charge in [0.15, 0.2) is 0 Å². The first kappa shape index (κ1) is 17.9. The predicted octanol–water partition coefficient (Wildman–Crippen LogP) is 3.15. The Labute approximate surface area is 112 Å². The Hall–Kier alpha value is -0.130. The van der Waals surface area contributed by atoms with Crippen LogP contribution in [-0.4, -0.2) is 29.4 Å². The highest BCUT2D eigenvalue weighted by Crippen LogP contribution is 2.15. The topological polar surface area (TPSA) is 74.6 Å². The fraction of sp³-hybridized carbons (Fsp3) is 1.00. The van der Waals surface area contributed by atoms with E-state index in [4.69, 9.17) is 4.55 Å². The zero-order valence-electron chi connectivity index (χ0n) is 11.6. The summed E-state index contributed by atoms with van der Waals surface area (Å²) >= 11 is 0. The largest absolute Gasteiger partial charge is 0.393 e. The third-order valence-electron chi connectivity index (χ3n) is 3.41. The van der Waals surface area contributed by atoms with E-state index in [1.54, 1.807) is 6.92 Å². The number of hydrogen-bond acceptors (Lipinski definition) is 3. The lowest BCUT2D eigenvalue weighted by Crippen LogP contribution is -2.19. The first-order valence-corrected chi connectivity index (χ1v) is 8.56. The zero-order valence-corrected chi connectivity index (χ0v) is 12.5. The first-order valence-electron chi connectivity index (χ1n) is 7.06. The van der Waals surface area contributed by atoms with Crippen LogP contribution >= 0.6 is 0 Å². The summed E-state index contributed by atoms with van der Waals surface area (Å²) in [6.45, 7) is 3.76. The molecule has 5 heteroatoms. The molecule has 0 aliphatic heterocycles. The Morgan fingerprint density at radius 2 is 1.39 bits per heavy atom. The molecular formula is C13H28O4S. The molecule has 0 saturated carbocycles. The molecule has 0 spiro atoms. The van der Waals surface area contributed by atoms with Gasteiger partial charge in [0.25, 0.3) is 10.1 Å². The summed E-state index contributed by atoms with van der Waals surface area (Å²) in [5.74, 6) is 0. The van der Waals surface area contributed by atoms with Gasteiger partial charge in [0.05, 0.1) is 11.4 Å². The molecule has 0 radical (unpaired) electrons. The van der Waals surface area contributed by atoms with E-state index in [2.05, 4.69) is 0 Å². The fourth-order valence-electron chi connectivity index (χ4n) is 2.05. The lowest BCUT2D eigenvalue weighted by atomic mass is 10.0. The molecule has 0 amide bonds. The summed E-state index contributed by atoms with van der Waals surface area (Å²) in [5.41, 5.74) is 0. The molecular weight excluding hydrogens is 252 g/mol. The molecule has 0 aromatic carbocycles. The van der Waals surface area contributed by atoms with Crippen LogP contribution in [0.2, 0.25) is 0 Å². The summed E-state index contributed by atoms with van der Waals surface area (Å²) in [4.78, 5) is 0. The predicted molar refractivity (Wildman–Crippen MR) is 74.2 cm³/mol. The van der Waals surface area contributed by atoms with Gasteiger partial charge in [0.2, 0.25) is 0 Å². The van der Waals surface area contributed by atoms with Crippen LogP contribution in [0.5, 0.6) is 0 Å². The summed E-state index contributed by atoms with van der Waals surface area (Å²) in [5, 5.41) is 8.76. The van der Waals surface area contributed by atoms with E-state index in [0.29, 0.717) is 12.8 Å². The van der Waals surface area contributed by atoms with E-state index >= 15 is 0 Å². The van der Waals surface area contributed by atoms with E-state index in [-0.39, 0.29) is 6.10 Å². The van der Waals surface area contributed by atoms with Crippen molar-refractivity contribution < 1.29 is 18.1 Å². The molecule has 0 aliphatic rings.